The van der Waals surface area contributed by atoms with Gasteiger partial charge < -0.3 is 10.4 Å². The maximum atomic E-state index is 11.4. The summed E-state index contributed by atoms with van der Waals surface area (Å²) in [6.07, 6.45) is 2.47. The van der Waals surface area contributed by atoms with Crippen molar-refractivity contribution in [2.75, 3.05) is 6.54 Å². The number of hydrogen-bond donors (Lipinski definition) is 2. The molecule has 2 aromatic rings. The van der Waals surface area contributed by atoms with Crippen LogP contribution in [0.5, 0.6) is 0 Å². The van der Waals surface area contributed by atoms with Gasteiger partial charge in [-0.1, -0.05) is 31.5 Å². The summed E-state index contributed by atoms with van der Waals surface area (Å²) >= 11 is 0. The predicted octanol–water partition coefficient (Wildman–Crippen LogP) is 3.23. The maximum absolute atomic E-state index is 11.4. The van der Waals surface area contributed by atoms with Crippen molar-refractivity contribution in [1.82, 2.24) is 15.1 Å². The summed E-state index contributed by atoms with van der Waals surface area (Å²) in [5.41, 5.74) is 4.54. The number of benzene rings is 1. The Bertz CT molecular complexity index is 692. The summed E-state index contributed by atoms with van der Waals surface area (Å²) in [6, 6.07) is 8.33. The zero-order valence-electron chi connectivity index (χ0n) is 14.9. The van der Waals surface area contributed by atoms with Gasteiger partial charge >= 0.3 is 5.97 Å². The average Bonchev–Trinajstić information content (AvgIpc) is 2.93. The number of carboxylic acids is 1. The molecule has 0 saturated heterocycles. The highest BCUT2D eigenvalue weighted by molar-refractivity contribution is 5.70. The molecule has 2 N–H and O–H groups in total. The lowest BCUT2D eigenvalue weighted by Gasteiger charge is -2.17. The Labute approximate surface area is 143 Å². The molecule has 1 unspecified atom stereocenters. The number of nitrogens with one attached hydrogen (secondary N) is 1. The van der Waals surface area contributed by atoms with E-state index in [1.54, 1.807) is 6.20 Å². The molecule has 1 heterocycles. The van der Waals surface area contributed by atoms with Gasteiger partial charge in [-0.25, -0.2) is 0 Å². The van der Waals surface area contributed by atoms with E-state index in [9.17, 15) is 9.90 Å². The fourth-order valence-corrected chi connectivity index (χ4v) is 2.94. The molecule has 0 aliphatic rings. The van der Waals surface area contributed by atoms with E-state index in [1.165, 1.54) is 5.56 Å². The lowest BCUT2D eigenvalue weighted by atomic mass is 9.97. The van der Waals surface area contributed by atoms with Crippen LogP contribution < -0.4 is 5.32 Å². The number of hydrogen-bond acceptors (Lipinski definition) is 3. The summed E-state index contributed by atoms with van der Waals surface area (Å²) in [6.45, 7) is 7.29. The number of aryl methyl sites for hydroxylation is 2. The van der Waals surface area contributed by atoms with Gasteiger partial charge in [0.15, 0.2) is 0 Å². The Hall–Kier alpha value is -2.14. The van der Waals surface area contributed by atoms with Gasteiger partial charge in [-0.05, 0) is 37.0 Å². The summed E-state index contributed by atoms with van der Waals surface area (Å²) in [4.78, 5) is 11.4. The lowest BCUT2D eigenvalue weighted by molar-refractivity contribution is -0.142. The molecular formula is C19H27N3O2. The standard InChI is InChI=1S/C19H27N3O2/c1-13(2)9-16(19(23)24)12-20-11-15-6-5-14(3)10-17(15)18-7-8-21-22(18)4/h5-8,10,13,16,20H,9,11-12H2,1-4H3,(H,23,24). The quantitative estimate of drug-likeness (QED) is 0.780. The van der Waals surface area contributed by atoms with Crippen LogP contribution in [0.2, 0.25) is 0 Å². The van der Waals surface area contributed by atoms with Gasteiger partial charge in [0, 0.05) is 31.9 Å². The molecule has 130 valence electrons. The first-order chi connectivity index (χ1) is 11.4. The number of aliphatic carboxylic acids is 1. The Kier molecular flexibility index (Phi) is 6.15. The summed E-state index contributed by atoms with van der Waals surface area (Å²) < 4.78 is 1.86. The highest BCUT2D eigenvalue weighted by Crippen LogP contribution is 2.24. The van der Waals surface area contributed by atoms with Crippen molar-refractivity contribution in [3.8, 4) is 11.3 Å². The van der Waals surface area contributed by atoms with Gasteiger partial charge in [0.25, 0.3) is 0 Å². The molecule has 0 saturated carbocycles. The second-order valence-corrected chi connectivity index (χ2v) is 6.80. The molecule has 0 bridgehead atoms. The topological polar surface area (TPSA) is 67.2 Å². The van der Waals surface area contributed by atoms with Crippen molar-refractivity contribution >= 4 is 5.97 Å². The number of rotatable bonds is 8. The summed E-state index contributed by atoms with van der Waals surface area (Å²) in [7, 11) is 1.93. The van der Waals surface area contributed by atoms with Crippen molar-refractivity contribution in [1.29, 1.82) is 0 Å². The molecule has 0 spiro atoms. The lowest BCUT2D eigenvalue weighted by Crippen LogP contribution is -2.29. The molecule has 0 aliphatic heterocycles. The van der Waals surface area contributed by atoms with Gasteiger partial charge in [-0.15, -0.1) is 0 Å². The number of aromatic nitrogens is 2. The third-order valence-electron chi connectivity index (χ3n) is 4.17. The van der Waals surface area contributed by atoms with Crippen molar-refractivity contribution in [3.63, 3.8) is 0 Å². The van der Waals surface area contributed by atoms with Gasteiger partial charge in [-0.3, -0.25) is 9.48 Å². The van der Waals surface area contributed by atoms with Crippen LogP contribution in [0.3, 0.4) is 0 Å². The highest BCUT2D eigenvalue weighted by atomic mass is 16.4. The largest absolute Gasteiger partial charge is 0.481 e. The Morgan fingerprint density at radius 1 is 1.33 bits per heavy atom. The van der Waals surface area contributed by atoms with Crippen LogP contribution in [-0.4, -0.2) is 27.4 Å². The highest BCUT2D eigenvalue weighted by Gasteiger charge is 2.18. The van der Waals surface area contributed by atoms with Crippen LogP contribution in [0.15, 0.2) is 30.5 Å². The molecule has 1 aromatic carbocycles. The molecule has 1 aromatic heterocycles. The van der Waals surface area contributed by atoms with Gasteiger partial charge in [0.2, 0.25) is 0 Å². The Balaban J connectivity index is 2.10. The summed E-state index contributed by atoms with van der Waals surface area (Å²) in [5, 5.41) is 16.9. The second-order valence-electron chi connectivity index (χ2n) is 6.80. The number of carbonyl (C=O) groups is 1. The minimum Gasteiger partial charge on any atom is -0.481 e. The first-order valence-electron chi connectivity index (χ1n) is 8.40. The van der Waals surface area contributed by atoms with Crippen LogP contribution in [0, 0.1) is 18.8 Å². The zero-order chi connectivity index (χ0) is 17.7. The van der Waals surface area contributed by atoms with Crippen molar-refractivity contribution in [3.05, 3.63) is 41.6 Å². The van der Waals surface area contributed by atoms with Crippen LogP contribution in [0.25, 0.3) is 11.3 Å². The zero-order valence-corrected chi connectivity index (χ0v) is 14.9. The van der Waals surface area contributed by atoms with Crippen LogP contribution in [-0.2, 0) is 18.4 Å². The normalized spacial score (nSPS) is 12.5. The van der Waals surface area contributed by atoms with Crippen LogP contribution in [0.1, 0.15) is 31.4 Å². The number of carboxylic acid groups (broad SMARTS) is 1. The first-order valence-corrected chi connectivity index (χ1v) is 8.40. The average molecular weight is 329 g/mol. The fraction of sp³-hybridized carbons (Fsp3) is 0.474. The van der Waals surface area contributed by atoms with Gasteiger partial charge in [0.1, 0.15) is 0 Å². The fourth-order valence-electron chi connectivity index (χ4n) is 2.94. The van der Waals surface area contributed by atoms with E-state index in [4.69, 9.17) is 0 Å². The molecule has 5 nitrogen and oxygen atoms in total. The minimum absolute atomic E-state index is 0.351. The van der Waals surface area contributed by atoms with E-state index in [-0.39, 0.29) is 5.92 Å². The Morgan fingerprint density at radius 2 is 2.08 bits per heavy atom. The van der Waals surface area contributed by atoms with Crippen LogP contribution in [0.4, 0.5) is 0 Å². The van der Waals surface area contributed by atoms with Crippen molar-refractivity contribution < 1.29 is 9.90 Å². The van der Waals surface area contributed by atoms with Gasteiger partial charge in [-0.2, -0.15) is 5.10 Å². The first kappa shape index (κ1) is 18.2. The van der Waals surface area contributed by atoms with E-state index >= 15 is 0 Å². The molecule has 0 amide bonds. The van der Waals surface area contributed by atoms with E-state index < -0.39 is 5.97 Å². The van der Waals surface area contributed by atoms with E-state index in [2.05, 4.69) is 49.4 Å². The molecule has 2 rings (SSSR count). The Morgan fingerprint density at radius 3 is 2.67 bits per heavy atom. The summed E-state index contributed by atoms with van der Waals surface area (Å²) in [5.74, 6) is -0.708. The SMILES string of the molecule is Cc1ccc(CNCC(CC(C)C)C(=O)O)c(-c2ccnn2C)c1. The third-order valence-corrected chi connectivity index (χ3v) is 4.17. The molecule has 0 aliphatic carbocycles. The van der Waals surface area contributed by atoms with E-state index in [0.29, 0.717) is 25.4 Å². The molecule has 5 heteroatoms. The monoisotopic (exact) mass is 329 g/mol. The molecular weight excluding hydrogens is 302 g/mol. The second kappa shape index (κ2) is 8.11. The maximum Gasteiger partial charge on any atom is 0.307 e. The van der Waals surface area contributed by atoms with E-state index in [1.807, 2.05) is 17.8 Å². The molecule has 0 fully saturated rings. The van der Waals surface area contributed by atoms with Crippen molar-refractivity contribution in [2.45, 2.75) is 33.7 Å². The van der Waals surface area contributed by atoms with Gasteiger partial charge in [0.05, 0.1) is 11.6 Å². The molecule has 24 heavy (non-hydrogen) atoms. The number of nitrogens with zero attached hydrogens (tertiary/aromatic N) is 2. The van der Waals surface area contributed by atoms with Crippen molar-refractivity contribution in [2.24, 2.45) is 18.9 Å². The van der Waals surface area contributed by atoms with E-state index in [0.717, 1.165) is 16.8 Å². The minimum atomic E-state index is -0.730. The van der Waals surface area contributed by atoms with Crippen LogP contribution >= 0.6 is 0 Å². The predicted molar refractivity (Wildman–Crippen MR) is 95.7 cm³/mol. The smallest absolute Gasteiger partial charge is 0.307 e. The molecule has 1 atom stereocenters. The molecule has 0 radical (unpaired) electrons. The third kappa shape index (κ3) is 4.68.